The minimum absolute atomic E-state index is 0. The Morgan fingerprint density at radius 2 is 2.24 bits per heavy atom. The molecule has 1 aromatic rings. The number of ether oxygens (including phenoxy) is 2. The first kappa shape index (κ1) is 17.5. The van der Waals surface area contributed by atoms with Gasteiger partial charge in [0, 0.05) is 25.1 Å². The number of rotatable bonds is 6. The minimum atomic E-state index is -0.113. The third kappa shape index (κ3) is 4.74. The zero-order valence-electron chi connectivity index (χ0n) is 12.5. The predicted molar refractivity (Wildman–Crippen MR) is 85.9 cm³/mol. The Labute approximate surface area is 132 Å². The fraction of sp³-hybridized carbons (Fsp3) is 0.500. The molecule has 0 spiro atoms. The van der Waals surface area contributed by atoms with Crippen molar-refractivity contribution >= 4 is 24.6 Å². The Hall–Kier alpha value is -1.55. The standard InChI is InChI=1S/C16H21NO3.ClH/c1-3-20-16(18)6-4-5-12-10-17-11-13-7-8-14(19-2)9-15(12)13;/h7-9,11-12H,3-6,10H2,1-2H3;1H. The Balaban J connectivity index is 0.00000220. The van der Waals surface area contributed by atoms with Gasteiger partial charge in [-0.2, -0.15) is 0 Å². The highest BCUT2D eigenvalue weighted by atomic mass is 35.5. The summed E-state index contributed by atoms with van der Waals surface area (Å²) in [5.41, 5.74) is 2.42. The molecule has 0 bridgehead atoms. The molecule has 1 aliphatic rings. The maximum Gasteiger partial charge on any atom is 0.305 e. The molecule has 1 atom stereocenters. The number of benzene rings is 1. The topological polar surface area (TPSA) is 47.9 Å². The second kappa shape index (κ2) is 8.67. The molecule has 0 aromatic heterocycles. The van der Waals surface area contributed by atoms with E-state index < -0.39 is 0 Å². The number of aliphatic imine (C=N–C) groups is 1. The van der Waals surface area contributed by atoms with Crippen molar-refractivity contribution in [3.05, 3.63) is 29.3 Å². The number of esters is 1. The molecular weight excluding hydrogens is 290 g/mol. The molecule has 5 heteroatoms. The highest BCUT2D eigenvalue weighted by Crippen LogP contribution is 2.30. The van der Waals surface area contributed by atoms with Crippen molar-refractivity contribution in [2.24, 2.45) is 4.99 Å². The van der Waals surface area contributed by atoms with Gasteiger partial charge >= 0.3 is 5.97 Å². The first-order chi connectivity index (χ1) is 9.74. The Morgan fingerprint density at radius 3 is 2.95 bits per heavy atom. The Kier molecular flexibility index (Phi) is 7.23. The van der Waals surface area contributed by atoms with E-state index in [2.05, 4.69) is 11.1 Å². The van der Waals surface area contributed by atoms with Gasteiger partial charge in [0.2, 0.25) is 0 Å². The number of hydrogen-bond acceptors (Lipinski definition) is 4. The minimum Gasteiger partial charge on any atom is -0.497 e. The lowest BCUT2D eigenvalue weighted by molar-refractivity contribution is -0.143. The van der Waals surface area contributed by atoms with Crippen LogP contribution < -0.4 is 4.74 Å². The summed E-state index contributed by atoms with van der Waals surface area (Å²) in [6, 6.07) is 6.07. The molecule has 21 heavy (non-hydrogen) atoms. The fourth-order valence-electron chi connectivity index (χ4n) is 2.50. The van der Waals surface area contributed by atoms with E-state index in [0.717, 1.165) is 30.7 Å². The van der Waals surface area contributed by atoms with Crippen LogP contribution in [-0.2, 0) is 9.53 Å². The molecule has 0 N–H and O–H groups in total. The molecule has 1 aliphatic heterocycles. The molecule has 1 heterocycles. The smallest absolute Gasteiger partial charge is 0.305 e. The van der Waals surface area contributed by atoms with Crippen molar-refractivity contribution in [2.45, 2.75) is 32.1 Å². The van der Waals surface area contributed by atoms with E-state index in [0.29, 0.717) is 18.9 Å². The van der Waals surface area contributed by atoms with E-state index in [1.54, 1.807) is 7.11 Å². The predicted octanol–water partition coefficient (Wildman–Crippen LogP) is 3.37. The molecule has 1 aromatic carbocycles. The Bertz CT molecular complexity index is 502. The summed E-state index contributed by atoms with van der Waals surface area (Å²) >= 11 is 0. The second-order valence-electron chi connectivity index (χ2n) is 4.88. The van der Waals surface area contributed by atoms with Crippen LogP contribution in [0.15, 0.2) is 23.2 Å². The second-order valence-corrected chi connectivity index (χ2v) is 4.88. The number of fused-ring (bicyclic) bond motifs is 1. The summed E-state index contributed by atoms with van der Waals surface area (Å²) in [4.78, 5) is 15.8. The largest absolute Gasteiger partial charge is 0.497 e. The number of hydrogen-bond donors (Lipinski definition) is 0. The van der Waals surface area contributed by atoms with Crippen LogP contribution in [0.4, 0.5) is 0 Å². The van der Waals surface area contributed by atoms with Crippen molar-refractivity contribution in [1.82, 2.24) is 0 Å². The summed E-state index contributed by atoms with van der Waals surface area (Å²) in [5, 5.41) is 0. The molecule has 1 unspecified atom stereocenters. The van der Waals surface area contributed by atoms with Gasteiger partial charge in [0.15, 0.2) is 0 Å². The lowest BCUT2D eigenvalue weighted by atomic mass is 9.88. The van der Waals surface area contributed by atoms with E-state index in [1.807, 2.05) is 25.3 Å². The van der Waals surface area contributed by atoms with Crippen LogP contribution in [0.25, 0.3) is 0 Å². The van der Waals surface area contributed by atoms with Crippen molar-refractivity contribution < 1.29 is 14.3 Å². The molecule has 0 amide bonds. The van der Waals surface area contributed by atoms with Crippen LogP contribution in [0.5, 0.6) is 5.75 Å². The quantitative estimate of drug-likeness (QED) is 0.757. The third-order valence-corrected chi connectivity index (χ3v) is 3.53. The van der Waals surface area contributed by atoms with Crippen molar-refractivity contribution in [2.75, 3.05) is 20.3 Å². The molecule has 0 radical (unpaired) electrons. The van der Waals surface area contributed by atoms with Crippen LogP contribution in [0.3, 0.4) is 0 Å². The van der Waals surface area contributed by atoms with Crippen LogP contribution in [0.1, 0.15) is 43.2 Å². The van der Waals surface area contributed by atoms with Gasteiger partial charge in [0.25, 0.3) is 0 Å². The molecule has 0 fully saturated rings. The van der Waals surface area contributed by atoms with E-state index in [9.17, 15) is 4.79 Å². The van der Waals surface area contributed by atoms with Gasteiger partial charge in [-0.05, 0) is 49.1 Å². The van der Waals surface area contributed by atoms with Gasteiger partial charge in [0.05, 0.1) is 13.7 Å². The summed E-state index contributed by atoms with van der Waals surface area (Å²) in [6.45, 7) is 3.06. The monoisotopic (exact) mass is 311 g/mol. The maximum absolute atomic E-state index is 11.4. The number of carbonyl (C=O) groups excluding carboxylic acids is 1. The first-order valence-corrected chi connectivity index (χ1v) is 7.08. The zero-order chi connectivity index (χ0) is 14.4. The molecule has 0 saturated heterocycles. The molecule has 0 aliphatic carbocycles. The maximum atomic E-state index is 11.4. The summed E-state index contributed by atoms with van der Waals surface area (Å²) in [6.07, 6.45) is 4.16. The fourth-order valence-corrected chi connectivity index (χ4v) is 2.50. The average molecular weight is 312 g/mol. The summed E-state index contributed by atoms with van der Waals surface area (Å²) < 4.78 is 10.2. The molecule has 4 nitrogen and oxygen atoms in total. The van der Waals surface area contributed by atoms with Gasteiger partial charge in [-0.1, -0.05) is 0 Å². The molecule has 0 saturated carbocycles. The Morgan fingerprint density at radius 1 is 1.43 bits per heavy atom. The molecule has 116 valence electrons. The SMILES string of the molecule is CCOC(=O)CCCC1CN=Cc2ccc(OC)cc21.Cl. The highest BCUT2D eigenvalue weighted by molar-refractivity contribution is 5.85. The van der Waals surface area contributed by atoms with Gasteiger partial charge in [0.1, 0.15) is 5.75 Å². The number of methoxy groups -OCH3 is 1. The van der Waals surface area contributed by atoms with Crippen LogP contribution in [-0.4, -0.2) is 32.4 Å². The van der Waals surface area contributed by atoms with Gasteiger partial charge < -0.3 is 9.47 Å². The van der Waals surface area contributed by atoms with E-state index in [-0.39, 0.29) is 18.4 Å². The van der Waals surface area contributed by atoms with E-state index in [4.69, 9.17) is 9.47 Å². The number of nitrogens with zero attached hydrogens (tertiary/aromatic N) is 1. The van der Waals surface area contributed by atoms with Crippen LogP contribution in [0.2, 0.25) is 0 Å². The number of carbonyl (C=O) groups is 1. The van der Waals surface area contributed by atoms with Crippen LogP contribution in [0, 0.1) is 0 Å². The molecular formula is C16H22ClNO3. The zero-order valence-corrected chi connectivity index (χ0v) is 13.3. The summed E-state index contributed by atoms with van der Waals surface area (Å²) in [7, 11) is 1.68. The van der Waals surface area contributed by atoms with Crippen molar-refractivity contribution in [1.29, 1.82) is 0 Å². The lowest BCUT2D eigenvalue weighted by Crippen LogP contribution is -2.12. The molecule has 2 rings (SSSR count). The normalized spacial score (nSPS) is 15.8. The van der Waals surface area contributed by atoms with Crippen LogP contribution >= 0.6 is 12.4 Å². The van der Waals surface area contributed by atoms with E-state index in [1.165, 1.54) is 5.56 Å². The van der Waals surface area contributed by atoms with Gasteiger partial charge in [-0.3, -0.25) is 9.79 Å². The van der Waals surface area contributed by atoms with Crippen molar-refractivity contribution in [3.63, 3.8) is 0 Å². The van der Waals surface area contributed by atoms with Gasteiger partial charge in [-0.15, -0.1) is 12.4 Å². The first-order valence-electron chi connectivity index (χ1n) is 7.08. The third-order valence-electron chi connectivity index (χ3n) is 3.53. The highest BCUT2D eigenvalue weighted by Gasteiger charge is 2.19. The van der Waals surface area contributed by atoms with E-state index >= 15 is 0 Å². The van der Waals surface area contributed by atoms with Crippen molar-refractivity contribution in [3.8, 4) is 5.75 Å². The van der Waals surface area contributed by atoms with Gasteiger partial charge in [-0.25, -0.2) is 0 Å². The summed E-state index contributed by atoms with van der Waals surface area (Å²) in [5.74, 6) is 1.12. The lowest BCUT2D eigenvalue weighted by Gasteiger charge is -2.21. The number of halogens is 1. The average Bonchev–Trinajstić information content (AvgIpc) is 2.47.